The van der Waals surface area contributed by atoms with E-state index in [9.17, 15) is 9.90 Å². The summed E-state index contributed by atoms with van der Waals surface area (Å²) < 4.78 is 10.9. The van der Waals surface area contributed by atoms with E-state index in [-0.39, 0.29) is 11.9 Å². The zero-order valence-electron chi connectivity index (χ0n) is 22.5. The average Bonchev–Trinajstić information content (AvgIpc) is 2.90. The molecule has 4 rings (SSSR count). The van der Waals surface area contributed by atoms with Gasteiger partial charge in [-0.3, -0.25) is 0 Å². The molecule has 3 aromatic carbocycles. The fourth-order valence-corrected chi connectivity index (χ4v) is 5.05. The fraction of sp³-hybridized carbons (Fsp3) is 0.312. The maximum atomic E-state index is 12.9. The highest BCUT2D eigenvalue weighted by Crippen LogP contribution is 2.47. The van der Waals surface area contributed by atoms with E-state index in [0.717, 1.165) is 34.0 Å². The highest BCUT2D eigenvalue weighted by Gasteiger charge is 2.42. The lowest BCUT2D eigenvalue weighted by Gasteiger charge is -2.38. The third-order valence-corrected chi connectivity index (χ3v) is 6.89. The number of esters is 1. The van der Waals surface area contributed by atoms with Crippen LogP contribution in [0.3, 0.4) is 0 Å². The first-order chi connectivity index (χ1) is 18.1. The van der Waals surface area contributed by atoms with Crippen molar-refractivity contribution in [2.24, 2.45) is 0 Å². The van der Waals surface area contributed by atoms with Gasteiger partial charge >= 0.3 is 5.97 Å². The van der Waals surface area contributed by atoms with E-state index < -0.39 is 11.2 Å². The largest absolute Gasteiger partial charge is 0.481 e. The predicted octanol–water partition coefficient (Wildman–Crippen LogP) is 7.67. The molecule has 1 aromatic heterocycles. The Kier molecular flexibility index (Phi) is 8.10. The predicted molar refractivity (Wildman–Crippen MR) is 152 cm³/mol. The lowest BCUT2D eigenvalue weighted by Crippen LogP contribution is -2.35. The minimum atomic E-state index is -1.41. The summed E-state index contributed by atoms with van der Waals surface area (Å²) in [7, 11) is 1.58. The van der Waals surface area contributed by atoms with Gasteiger partial charge < -0.3 is 14.6 Å². The zero-order valence-corrected chi connectivity index (χ0v) is 23.3. The molecule has 2 atom stereocenters. The quantitative estimate of drug-likeness (QED) is 0.236. The smallest absolute Gasteiger partial charge is 0.338 e. The maximum absolute atomic E-state index is 12.9. The molecule has 6 heteroatoms. The molecule has 0 bridgehead atoms. The molecule has 5 nitrogen and oxygen atoms in total. The molecule has 4 aromatic rings. The van der Waals surface area contributed by atoms with Crippen molar-refractivity contribution in [1.82, 2.24) is 4.98 Å². The monoisotopic (exact) mass is 531 g/mol. The lowest BCUT2D eigenvalue weighted by molar-refractivity contribution is 0.00695. The molecule has 0 radical (unpaired) electrons. The molecule has 0 amide bonds. The Balaban J connectivity index is 1.89. The van der Waals surface area contributed by atoms with Crippen molar-refractivity contribution in [2.45, 2.75) is 57.7 Å². The molecule has 0 aliphatic heterocycles. The Hall–Kier alpha value is -3.41. The molecule has 0 saturated heterocycles. The van der Waals surface area contributed by atoms with Crippen LogP contribution in [0.1, 0.15) is 73.5 Å². The molecular weight excluding hydrogens is 498 g/mol. The van der Waals surface area contributed by atoms with Gasteiger partial charge in [-0.15, -0.1) is 0 Å². The first kappa shape index (κ1) is 27.6. The Morgan fingerprint density at radius 3 is 2.26 bits per heavy atom. The van der Waals surface area contributed by atoms with E-state index >= 15 is 0 Å². The number of carbonyl (C=O) groups excluding carboxylic acids is 1. The Labute approximate surface area is 229 Å². The van der Waals surface area contributed by atoms with Crippen LogP contribution in [0.4, 0.5) is 0 Å². The van der Waals surface area contributed by atoms with Gasteiger partial charge in [-0.05, 0) is 80.3 Å². The van der Waals surface area contributed by atoms with Gasteiger partial charge in [-0.1, -0.05) is 61.3 Å². The van der Waals surface area contributed by atoms with E-state index in [0.29, 0.717) is 22.9 Å². The van der Waals surface area contributed by atoms with Gasteiger partial charge in [0.2, 0.25) is 5.88 Å². The molecule has 0 saturated carbocycles. The molecule has 38 heavy (non-hydrogen) atoms. The van der Waals surface area contributed by atoms with E-state index in [4.69, 9.17) is 21.1 Å². The highest BCUT2D eigenvalue weighted by atomic mass is 35.5. The van der Waals surface area contributed by atoms with Crippen LogP contribution in [0.5, 0.6) is 5.88 Å². The van der Waals surface area contributed by atoms with Crippen molar-refractivity contribution in [3.8, 4) is 5.88 Å². The number of hydrogen-bond donors (Lipinski definition) is 1. The van der Waals surface area contributed by atoms with Crippen molar-refractivity contribution < 1.29 is 19.4 Å². The van der Waals surface area contributed by atoms with Crippen LogP contribution in [-0.2, 0) is 10.3 Å². The van der Waals surface area contributed by atoms with Gasteiger partial charge in [0.25, 0.3) is 0 Å². The van der Waals surface area contributed by atoms with Gasteiger partial charge in [0.15, 0.2) is 0 Å². The molecule has 1 N–H and O–H groups in total. The number of rotatable bonds is 8. The Morgan fingerprint density at radius 2 is 1.66 bits per heavy atom. The number of ether oxygens (including phenoxy) is 2. The second kappa shape index (κ2) is 11.1. The minimum absolute atomic E-state index is 0.325. The van der Waals surface area contributed by atoms with Gasteiger partial charge in [-0.2, -0.15) is 0 Å². The molecular formula is C32H34ClNO4. The van der Waals surface area contributed by atoms with Crippen molar-refractivity contribution in [2.75, 3.05) is 7.11 Å². The van der Waals surface area contributed by atoms with Gasteiger partial charge in [0.05, 0.1) is 18.2 Å². The third kappa shape index (κ3) is 5.69. The van der Waals surface area contributed by atoms with Crippen LogP contribution in [0.25, 0.3) is 10.9 Å². The first-order valence-electron chi connectivity index (χ1n) is 12.8. The van der Waals surface area contributed by atoms with E-state index in [1.165, 1.54) is 0 Å². The second-order valence-electron chi connectivity index (χ2n) is 10.5. The fourth-order valence-electron chi connectivity index (χ4n) is 4.92. The summed E-state index contributed by atoms with van der Waals surface area (Å²) in [5, 5.41) is 14.3. The van der Waals surface area contributed by atoms with Gasteiger partial charge in [0.1, 0.15) is 11.2 Å². The van der Waals surface area contributed by atoms with Crippen LogP contribution >= 0.6 is 11.6 Å². The molecule has 1 heterocycles. The average molecular weight is 532 g/mol. The number of aromatic nitrogens is 1. The number of aliphatic hydroxyl groups is 1. The van der Waals surface area contributed by atoms with Crippen LogP contribution in [0, 0.1) is 0 Å². The number of carbonyl (C=O) groups is 1. The topological polar surface area (TPSA) is 68.7 Å². The van der Waals surface area contributed by atoms with Crippen molar-refractivity contribution in [3.05, 3.63) is 106 Å². The molecule has 0 fully saturated rings. The summed E-state index contributed by atoms with van der Waals surface area (Å²) >= 11 is 6.24. The van der Waals surface area contributed by atoms with Crippen molar-refractivity contribution in [3.63, 3.8) is 0 Å². The minimum Gasteiger partial charge on any atom is -0.481 e. The number of hydrogen-bond acceptors (Lipinski definition) is 5. The van der Waals surface area contributed by atoms with E-state index in [2.05, 4.69) is 11.9 Å². The van der Waals surface area contributed by atoms with Crippen LogP contribution in [0.15, 0.2) is 78.9 Å². The summed E-state index contributed by atoms with van der Waals surface area (Å²) in [5.74, 6) is -0.195. The molecule has 1 unspecified atom stereocenters. The van der Waals surface area contributed by atoms with Crippen LogP contribution in [-0.4, -0.2) is 28.8 Å². The number of nitrogens with zero attached hydrogens (tertiary/aromatic N) is 1. The SMILES string of the molecule is CCC[C@H](c1ccc(C(=O)OC(C)(C)C)cc1)C(O)(c1ccc(Cl)cc1)c1cccc2nc(OC)ccc12. The van der Waals surface area contributed by atoms with Crippen molar-refractivity contribution in [1.29, 1.82) is 0 Å². The number of benzene rings is 3. The summed E-state index contributed by atoms with van der Waals surface area (Å²) in [4.78, 5) is 17.2. The number of halogens is 1. The summed E-state index contributed by atoms with van der Waals surface area (Å²) in [6, 6.07) is 24.2. The Morgan fingerprint density at radius 1 is 0.974 bits per heavy atom. The highest BCUT2D eigenvalue weighted by molar-refractivity contribution is 6.30. The summed E-state index contributed by atoms with van der Waals surface area (Å²) in [6.07, 6.45) is 1.54. The standard InChI is InChI=1S/C32H34ClNO4/c1-6-8-26(21-11-13-22(14-12-21)30(35)38-31(2,3)4)32(36,23-15-17-24(33)18-16-23)27-9-7-10-28-25(27)19-20-29(34-28)37-5/h7,9-20,26,36H,6,8H2,1-5H3/t26-,32?/m1/s1. The molecule has 0 aliphatic rings. The molecule has 0 spiro atoms. The number of fused-ring (bicyclic) bond motifs is 1. The van der Waals surface area contributed by atoms with E-state index in [1.807, 2.05) is 69.3 Å². The summed E-state index contributed by atoms with van der Waals surface area (Å²) in [6.45, 7) is 7.63. The molecule has 198 valence electrons. The number of methoxy groups -OCH3 is 1. The number of pyridine rings is 1. The van der Waals surface area contributed by atoms with Gasteiger partial charge in [0, 0.05) is 22.4 Å². The third-order valence-electron chi connectivity index (χ3n) is 6.64. The molecule has 0 aliphatic carbocycles. The maximum Gasteiger partial charge on any atom is 0.338 e. The Bertz CT molecular complexity index is 1410. The lowest BCUT2D eigenvalue weighted by atomic mass is 9.70. The first-order valence-corrected chi connectivity index (χ1v) is 13.2. The van der Waals surface area contributed by atoms with Gasteiger partial charge in [-0.25, -0.2) is 9.78 Å². The summed E-state index contributed by atoms with van der Waals surface area (Å²) in [5.41, 5.74) is 1.57. The van der Waals surface area contributed by atoms with Crippen molar-refractivity contribution >= 4 is 28.5 Å². The second-order valence-corrected chi connectivity index (χ2v) is 10.9. The normalized spacial score (nSPS) is 14.1. The van der Waals surface area contributed by atoms with Crippen LogP contribution in [0.2, 0.25) is 5.02 Å². The zero-order chi connectivity index (χ0) is 27.5. The van der Waals surface area contributed by atoms with Crippen LogP contribution < -0.4 is 4.74 Å². The van der Waals surface area contributed by atoms with E-state index in [1.54, 1.807) is 37.4 Å².